The number of ether oxygens (including phenoxy) is 1. The second-order valence-electron chi connectivity index (χ2n) is 4.85. The SMILES string of the molecule is COc1ccc2oc(-c3ccc(C(=O)O)cc3)c(O)c(=O)c2c1. The number of rotatable bonds is 3. The molecule has 0 aliphatic heterocycles. The molecule has 116 valence electrons. The van der Waals surface area contributed by atoms with Gasteiger partial charge in [0.2, 0.25) is 11.2 Å². The van der Waals surface area contributed by atoms with Gasteiger partial charge in [0, 0.05) is 5.56 Å². The second kappa shape index (κ2) is 5.49. The minimum absolute atomic E-state index is 0.00962. The van der Waals surface area contributed by atoms with Crippen LogP contribution < -0.4 is 10.2 Å². The van der Waals surface area contributed by atoms with E-state index in [1.807, 2.05) is 0 Å². The molecule has 0 radical (unpaired) electrons. The lowest BCUT2D eigenvalue weighted by Crippen LogP contribution is -2.03. The van der Waals surface area contributed by atoms with Gasteiger partial charge < -0.3 is 19.4 Å². The van der Waals surface area contributed by atoms with Crippen molar-refractivity contribution in [2.75, 3.05) is 7.11 Å². The molecule has 0 fully saturated rings. The molecule has 1 heterocycles. The van der Waals surface area contributed by atoms with E-state index >= 15 is 0 Å². The molecule has 2 N–H and O–H groups in total. The third-order valence-corrected chi connectivity index (χ3v) is 3.47. The van der Waals surface area contributed by atoms with Crippen molar-refractivity contribution in [1.82, 2.24) is 0 Å². The highest BCUT2D eigenvalue weighted by Gasteiger charge is 2.16. The highest BCUT2D eigenvalue weighted by Crippen LogP contribution is 2.31. The number of benzene rings is 2. The predicted molar refractivity (Wildman–Crippen MR) is 83.1 cm³/mol. The third-order valence-electron chi connectivity index (χ3n) is 3.47. The summed E-state index contributed by atoms with van der Waals surface area (Å²) in [6.07, 6.45) is 0. The summed E-state index contributed by atoms with van der Waals surface area (Å²) >= 11 is 0. The van der Waals surface area contributed by atoms with Gasteiger partial charge in [-0.3, -0.25) is 4.79 Å². The van der Waals surface area contributed by atoms with Crippen LogP contribution in [0.15, 0.2) is 51.7 Å². The Balaban J connectivity index is 2.20. The number of hydrogen-bond acceptors (Lipinski definition) is 5. The van der Waals surface area contributed by atoms with Gasteiger partial charge in [-0.05, 0) is 30.3 Å². The van der Waals surface area contributed by atoms with Crippen LogP contribution in [-0.4, -0.2) is 23.3 Å². The molecule has 0 amide bonds. The van der Waals surface area contributed by atoms with E-state index in [0.29, 0.717) is 16.9 Å². The molecule has 0 aliphatic rings. The highest BCUT2D eigenvalue weighted by molar-refractivity contribution is 5.88. The zero-order valence-electron chi connectivity index (χ0n) is 12.1. The van der Waals surface area contributed by atoms with E-state index in [-0.39, 0.29) is 16.7 Å². The Morgan fingerprint density at radius 3 is 2.43 bits per heavy atom. The molecule has 0 saturated heterocycles. The summed E-state index contributed by atoms with van der Waals surface area (Å²) in [6.45, 7) is 0. The molecule has 0 unspecified atom stereocenters. The standard InChI is InChI=1S/C17H12O6/c1-22-11-6-7-13-12(8-11)14(18)15(19)16(23-13)9-2-4-10(5-3-9)17(20)21/h2-8,19H,1H3,(H,20,21). The van der Waals surface area contributed by atoms with Crippen molar-refractivity contribution in [2.24, 2.45) is 0 Å². The summed E-state index contributed by atoms with van der Waals surface area (Å²) in [5.74, 6) is -1.13. The topological polar surface area (TPSA) is 97.0 Å². The molecule has 0 bridgehead atoms. The van der Waals surface area contributed by atoms with E-state index in [9.17, 15) is 14.7 Å². The summed E-state index contributed by atoms with van der Waals surface area (Å²) in [5, 5.41) is 19.2. The van der Waals surface area contributed by atoms with Crippen LogP contribution in [0.1, 0.15) is 10.4 Å². The lowest BCUT2D eigenvalue weighted by molar-refractivity contribution is 0.0697. The van der Waals surface area contributed by atoms with E-state index in [1.54, 1.807) is 12.1 Å². The molecule has 2 aromatic carbocycles. The fourth-order valence-corrected chi connectivity index (χ4v) is 2.25. The van der Waals surface area contributed by atoms with E-state index in [1.165, 1.54) is 37.4 Å². The maximum Gasteiger partial charge on any atom is 0.335 e. The summed E-state index contributed by atoms with van der Waals surface area (Å²) in [6, 6.07) is 10.4. The zero-order valence-corrected chi connectivity index (χ0v) is 12.1. The Labute approximate surface area is 130 Å². The number of aromatic carboxylic acids is 1. The number of carboxylic acids is 1. The van der Waals surface area contributed by atoms with Crippen LogP contribution in [0.3, 0.4) is 0 Å². The molecule has 0 spiro atoms. The van der Waals surface area contributed by atoms with Crippen LogP contribution in [0.25, 0.3) is 22.3 Å². The zero-order chi connectivity index (χ0) is 16.6. The second-order valence-corrected chi connectivity index (χ2v) is 4.85. The largest absolute Gasteiger partial charge is 0.502 e. The maximum atomic E-state index is 12.3. The lowest BCUT2D eigenvalue weighted by atomic mass is 10.1. The van der Waals surface area contributed by atoms with Crippen molar-refractivity contribution in [1.29, 1.82) is 0 Å². The average Bonchev–Trinajstić information content (AvgIpc) is 2.58. The van der Waals surface area contributed by atoms with Gasteiger partial charge in [-0.15, -0.1) is 0 Å². The maximum absolute atomic E-state index is 12.3. The van der Waals surface area contributed by atoms with Gasteiger partial charge in [0.05, 0.1) is 18.1 Å². The summed E-state index contributed by atoms with van der Waals surface area (Å²) in [5.41, 5.74) is 0.219. The molecule has 0 atom stereocenters. The first kappa shape index (κ1) is 14.6. The highest BCUT2D eigenvalue weighted by atomic mass is 16.5. The number of hydrogen-bond donors (Lipinski definition) is 2. The molecule has 0 aliphatic carbocycles. The van der Waals surface area contributed by atoms with Crippen LogP contribution >= 0.6 is 0 Å². The number of aromatic hydroxyl groups is 1. The normalized spacial score (nSPS) is 10.7. The minimum Gasteiger partial charge on any atom is -0.502 e. The van der Waals surface area contributed by atoms with Gasteiger partial charge in [0.15, 0.2) is 5.76 Å². The Bertz CT molecular complexity index is 953. The quantitative estimate of drug-likeness (QED) is 0.772. The van der Waals surface area contributed by atoms with Gasteiger partial charge in [0.1, 0.15) is 11.3 Å². The first-order valence-corrected chi connectivity index (χ1v) is 6.69. The van der Waals surface area contributed by atoms with E-state index in [0.717, 1.165) is 0 Å². The van der Waals surface area contributed by atoms with Crippen molar-refractivity contribution >= 4 is 16.9 Å². The monoisotopic (exact) mass is 312 g/mol. The molecule has 6 nitrogen and oxygen atoms in total. The van der Waals surface area contributed by atoms with Crippen molar-refractivity contribution < 1.29 is 24.2 Å². The van der Waals surface area contributed by atoms with Crippen LogP contribution in [0.5, 0.6) is 11.5 Å². The Kier molecular flexibility index (Phi) is 3.50. The van der Waals surface area contributed by atoms with Gasteiger partial charge >= 0.3 is 5.97 Å². The molecule has 3 aromatic rings. The summed E-state index contributed by atoms with van der Waals surface area (Å²) in [4.78, 5) is 23.2. The first-order valence-electron chi connectivity index (χ1n) is 6.69. The van der Waals surface area contributed by atoms with Crippen molar-refractivity contribution in [3.8, 4) is 22.8 Å². The van der Waals surface area contributed by atoms with Crippen molar-refractivity contribution in [3.05, 3.63) is 58.3 Å². The van der Waals surface area contributed by atoms with Crippen LogP contribution in [-0.2, 0) is 0 Å². The van der Waals surface area contributed by atoms with Crippen molar-refractivity contribution in [2.45, 2.75) is 0 Å². The predicted octanol–water partition coefficient (Wildman–Crippen LogP) is 2.87. The summed E-state index contributed by atoms with van der Waals surface area (Å²) in [7, 11) is 1.47. The molecule has 3 rings (SSSR count). The van der Waals surface area contributed by atoms with Crippen LogP contribution in [0.2, 0.25) is 0 Å². The molecule has 1 aromatic heterocycles. The van der Waals surface area contributed by atoms with E-state index in [2.05, 4.69) is 0 Å². The minimum atomic E-state index is -1.06. The Morgan fingerprint density at radius 2 is 1.83 bits per heavy atom. The van der Waals surface area contributed by atoms with E-state index < -0.39 is 17.1 Å². The average molecular weight is 312 g/mol. The van der Waals surface area contributed by atoms with Gasteiger partial charge in [-0.1, -0.05) is 12.1 Å². The number of methoxy groups -OCH3 is 1. The molecule has 6 heteroatoms. The first-order chi connectivity index (χ1) is 11.0. The lowest BCUT2D eigenvalue weighted by Gasteiger charge is -2.07. The molecule has 23 heavy (non-hydrogen) atoms. The number of carbonyl (C=O) groups is 1. The molecular weight excluding hydrogens is 300 g/mol. The fourth-order valence-electron chi connectivity index (χ4n) is 2.25. The van der Waals surface area contributed by atoms with Gasteiger partial charge in [-0.25, -0.2) is 4.79 Å². The third kappa shape index (κ3) is 2.50. The number of fused-ring (bicyclic) bond motifs is 1. The van der Waals surface area contributed by atoms with Crippen molar-refractivity contribution in [3.63, 3.8) is 0 Å². The Hall–Kier alpha value is -3.28. The molecular formula is C17H12O6. The van der Waals surface area contributed by atoms with E-state index in [4.69, 9.17) is 14.3 Å². The summed E-state index contributed by atoms with van der Waals surface area (Å²) < 4.78 is 10.7. The fraction of sp³-hybridized carbons (Fsp3) is 0.0588. The smallest absolute Gasteiger partial charge is 0.335 e. The van der Waals surface area contributed by atoms with Crippen LogP contribution in [0, 0.1) is 0 Å². The van der Waals surface area contributed by atoms with Crippen LogP contribution in [0.4, 0.5) is 0 Å². The number of carboxylic acid groups (broad SMARTS) is 1. The van der Waals surface area contributed by atoms with Gasteiger partial charge in [0.25, 0.3) is 0 Å². The van der Waals surface area contributed by atoms with Gasteiger partial charge in [-0.2, -0.15) is 0 Å². The molecule has 0 saturated carbocycles. The Morgan fingerprint density at radius 1 is 1.13 bits per heavy atom.